The first-order valence-electron chi connectivity index (χ1n) is 3.82. The quantitative estimate of drug-likeness (QED) is 0.746. The van der Waals surface area contributed by atoms with E-state index in [1.165, 1.54) is 13.3 Å². The van der Waals surface area contributed by atoms with Crippen molar-refractivity contribution in [2.45, 2.75) is 13.3 Å². The van der Waals surface area contributed by atoms with Gasteiger partial charge in [-0.2, -0.15) is 4.98 Å². The lowest BCUT2D eigenvalue weighted by molar-refractivity contribution is 0.0692. The van der Waals surface area contributed by atoms with Crippen LogP contribution < -0.4 is 4.74 Å². The molecule has 0 radical (unpaired) electrons. The van der Waals surface area contributed by atoms with E-state index in [-0.39, 0.29) is 11.4 Å². The van der Waals surface area contributed by atoms with Crippen LogP contribution in [0, 0.1) is 0 Å². The molecule has 0 bridgehead atoms. The number of methoxy groups -OCH3 is 1. The third-order valence-electron chi connectivity index (χ3n) is 1.54. The summed E-state index contributed by atoms with van der Waals surface area (Å²) in [5.74, 6) is -0.402. The van der Waals surface area contributed by atoms with Crippen molar-refractivity contribution in [1.82, 2.24) is 9.97 Å². The van der Waals surface area contributed by atoms with Crippen LogP contribution in [0.1, 0.15) is 23.1 Å². The minimum atomic E-state index is -1.08. The Labute approximate surface area is 75.4 Å². The number of hydrogen-bond acceptors (Lipinski definition) is 4. The largest absolute Gasteiger partial charge is 0.480 e. The third kappa shape index (κ3) is 1.93. The second-order valence-electron chi connectivity index (χ2n) is 2.37. The second-order valence-corrected chi connectivity index (χ2v) is 2.37. The first-order valence-corrected chi connectivity index (χ1v) is 3.82. The van der Waals surface area contributed by atoms with Gasteiger partial charge in [-0.05, 0) is 0 Å². The fourth-order valence-electron chi connectivity index (χ4n) is 0.873. The summed E-state index contributed by atoms with van der Waals surface area (Å²) in [5.41, 5.74) is -0.0142. The summed E-state index contributed by atoms with van der Waals surface area (Å²) >= 11 is 0. The van der Waals surface area contributed by atoms with Crippen LogP contribution in [0.2, 0.25) is 0 Å². The molecule has 0 aliphatic heterocycles. The van der Waals surface area contributed by atoms with Gasteiger partial charge in [0.2, 0.25) is 5.88 Å². The van der Waals surface area contributed by atoms with E-state index in [0.29, 0.717) is 12.2 Å². The van der Waals surface area contributed by atoms with Crippen molar-refractivity contribution in [3.8, 4) is 5.88 Å². The van der Waals surface area contributed by atoms with Gasteiger partial charge >= 0.3 is 5.97 Å². The highest BCUT2D eigenvalue weighted by Crippen LogP contribution is 2.13. The summed E-state index contributed by atoms with van der Waals surface area (Å²) in [6, 6.07) is 0. The maximum Gasteiger partial charge on any atom is 0.342 e. The maximum absolute atomic E-state index is 10.6. The molecule has 5 heteroatoms. The highest BCUT2D eigenvalue weighted by molar-refractivity contribution is 5.89. The first-order chi connectivity index (χ1) is 6.19. The highest BCUT2D eigenvalue weighted by atomic mass is 16.5. The molecule has 0 unspecified atom stereocenters. The number of nitrogens with zero attached hydrogens (tertiary/aromatic N) is 2. The van der Waals surface area contributed by atoms with Gasteiger partial charge in [0.15, 0.2) is 0 Å². The van der Waals surface area contributed by atoms with Gasteiger partial charge in [0.05, 0.1) is 7.11 Å². The molecule has 1 heterocycles. The lowest BCUT2D eigenvalue weighted by Gasteiger charge is -2.03. The Morgan fingerprint density at radius 2 is 2.38 bits per heavy atom. The Bertz CT molecular complexity index is 325. The van der Waals surface area contributed by atoms with Gasteiger partial charge in [0.25, 0.3) is 0 Å². The van der Waals surface area contributed by atoms with E-state index in [4.69, 9.17) is 9.84 Å². The summed E-state index contributed by atoms with van der Waals surface area (Å²) in [5, 5.41) is 8.70. The van der Waals surface area contributed by atoms with Gasteiger partial charge in [-0.1, -0.05) is 6.92 Å². The molecule has 1 N–H and O–H groups in total. The van der Waals surface area contributed by atoms with Gasteiger partial charge in [0, 0.05) is 12.6 Å². The van der Waals surface area contributed by atoms with Crippen molar-refractivity contribution in [3.05, 3.63) is 17.6 Å². The molecule has 70 valence electrons. The molecule has 0 aromatic carbocycles. The third-order valence-corrected chi connectivity index (χ3v) is 1.54. The number of rotatable bonds is 3. The molecule has 0 amide bonds. The summed E-state index contributed by atoms with van der Waals surface area (Å²) < 4.78 is 4.82. The second kappa shape index (κ2) is 3.84. The monoisotopic (exact) mass is 182 g/mol. The summed E-state index contributed by atoms with van der Waals surface area (Å²) in [4.78, 5) is 18.4. The SMILES string of the molecule is CCc1ncc(C(=O)O)c(OC)n1. The Morgan fingerprint density at radius 3 is 2.85 bits per heavy atom. The molecule has 0 aliphatic rings. The summed E-state index contributed by atoms with van der Waals surface area (Å²) in [7, 11) is 1.38. The summed E-state index contributed by atoms with van der Waals surface area (Å²) in [6.45, 7) is 1.88. The van der Waals surface area contributed by atoms with E-state index in [2.05, 4.69) is 9.97 Å². The van der Waals surface area contributed by atoms with Crippen molar-refractivity contribution in [1.29, 1.82) is 0 Å². The molecular weight excluding hydrogens is 172 g/mol. The van der Waals surface area contributed by atoms with Crippen LogP contribution in [0.5, 0.6) is 5.88 Å². The normalized spacial score (nSPS) is 9.69. The molecule has 5 nitrogen and oxygen atoms in total. The van der Waals surface area contributed by atoms with Gasteiger partial charge in [0.1, 0.15) is 11.4 Å². The smallest absolute Gasteiger partial charge is 0.342 e. The molecule has 0 spiro atoms. The van der Waals surface area contributed by atoms with Crippen LogP contribution >= 0.6 is 0 Å². The minimum absolute atomic E-state index is 0.0142. The zero-order valence-corrected chi connectivity index (χ0v) is 7.44. The highest BCUT2D eigenvalue weighted by Gasteiger charge is 2.13. The van der Waals surface area contributed by atoms with Crippen molar-refractivity contribution in [3.63, 3.8) is 0 Å². The molecule has 1 rings (SSSR count). The van der Waals surface area contributed by atoms with Crippen molar-refractivity contribution >= 4 is 5.97 Å². The number of ether oxygens (including phenoxy) is 1. The molecular formula is C8H10N2O3. The Morgan fingerprint density at radius 1 is 1.69 bits per heavy atom. The topological polar surface area (TPSA) is 72.3 Å². The van der Waals surface area contributed by atoms with Crippen molar-refractivity contribution in [2.75, 3.05) is 7.11 Å². The van der Waals surface area contributed by atoms with Crippen LogP contribution in [0.3, 0.4) is 0 Å². The number of carbonyl (C=O) groups is 1. The van der Waals surface area contributed by atoms with E-state index < -0.39 is 5.97 Å². The number of aromatic carboxylic acids is 1. The molecule has 1 aromatic heterocycles. The lowest BCUT2D eigenvalue weighted by atomic mass is 10.3. The van der Waals surface area contributed by atoms with E-state index >= 15 is 0 Å². The van der Waals surface area contributed by atoms with Crippen LogP contribution in [-0.2, 0) is 6.42 Å². The van der Waals surface area contributed by atoms with Crippen LogP contribution in [0.4, 0.5) is 0 Å². The van der Waals surface area contributed by atoms with Gasteiger partial charge < -0.3 is 9.84 Å². The van der Waals surface area contributed by atoms with Crippen LogP contribution in [-0.4, -0.2) is 28.2 Å². The molecule has 13 heavy (non-hydrogen) atoms. The molecule has 0 aliphatic carbocycles. The first kappa shape index (κ1) is 9.44. The Kier molecular flexibility index (Phi) is 2.79. The van der Waals surface area contributed by atoms with Gasteiger partial charge in [-0.25, -0.2) is 9.78 Å². The van der Waals surface area contributed by atoms with Gasteiger partial charge in [-0.3, -0.25) is 0 Å². The summed E-state index contributed by atoms with van der Waals surface area (Å²) in [6.07, 6.45) is 1.91. The number of aromatic nitrogens is 2. The number of hydrogen-bond donors (Lipinski definition) is 1. The van der Waals surface area contributed by atoms with E-state index in [0.717, 1.165) is 0 Å². The maximum atomic E-state index is 10.6. The molecule has 0 saturated carbocycles. The van der Waals surface area contributed by atoms with Crippen molar-refractivity contribution in [2.24, 2.45) is 0 Å². The number of carboxylic acid groups (broad SMARTS) is 1. The zero-order valence-electron chi connectivity index (χ0n) is 7.44. The average Bonchev–Trinajstić information content (AvgIpc) is 2.16. The molecule has 1 aromatic rings. The van der Waals surface area contributed by atoms with Gasteiger partial charge in [-0.15, -0.1) is 0 Å². The minimum Gasteiger partial charge on any atom is -0.480 e. The number of carboxylic acids is 1. The zero-order chi connectivity index (χ0) is 9.84. The van der Waals surface area contributed by atoms with Crippen molar-refractivity contribution < 1.29 is 14.6 Å². The predicted octanol–water partition coefficient (Wildman–Crippen LogP) is 0.746. The van der Waals surface area contributed by atoms with E-state index in [9.17, 15) is 4.79 Å². The lowest BCUT2D eigenvalue weighted by Crippen LogP contribution is -2.05. The predicted molar refractivity (Wildman–Crippen MR) is 44.9 cm³/mol. The molecule has 0 saturated heterocycles. The fraction of sp³-hybridized carbons (Fsp3) is 0.375. The average molecular weight is 182 g/mol. The Hall–Kier alpha value is -1.65. The van der Waals surface area contributed by atoms with Crippen LogP contribution in [0.25, 0.3) is 0 Å². The molecule has 0 fully saturated rings. The van der Waals surface area contributed by atoms with Crippen LogP contribution in [0.15, 0.2) is 6.20 Å². The number of aryl methyl sites for hydroxylation is 1. The molecule has 0 atom stereocenters. The van der Waals surface area contributed by atoms with E-state index in [1.54, 1.807) is 0 Å². The standard InChI is InChI=1S/C8H10N2O3/c1-3-6-9-4-5(8(11)12)7(10-6)13-2/h4H,3H2,1-2H3,(H,11,12). The Balaban J connectivity index is 3.15. The fourth-order valence-corrected chi connectivity index (χ4v) is 0.873. The van der Waals surface area contributed by atoms with E-state index in [1.807, 2.05) is 6.92 Å².